The molecule has 0 atom stereocenters. The lowest BCUT2D eigenvalue weighted by Crippen LogP contribution is -2.26. The number of ether oxygens (including phenoxy) is 2. The molecule has 0 heterocycles. The van der Waals surface area contributed by atoms with Crippen molar-refractivity contribution in [2.45, 2.75) is 13.8 Å². The zero-order valence-electron chi connectivity index (χ0n) is 15.0. The summed E-state index contributed by atoms with van der Waals surface area (Å²) in [6.07, 6.45) is 0. The van der Waals surface area contributed by atoms with Crippen molar-refractivity contribution in [2.24, 2.45) is 0 Å². The van der Waals surface area contributed by atoms with E-state index in [-0.39, 0.29) is 11.8 Å². The number of carbonyl (C=O) groups is 2. The number of nitrogens with zero attached hydrogens (tertiary/aromatic N) is 1. The minimum atomic E-state index is -0.207. The number of carbonyl (C=O) groups excluding carboxylic acids is 2. The molecule has 0 saturated carbocycles. The largest absolute Gasteiger partial charge is 0.497 e. The van der Waals surface area contributed by atoms with Crippen molar-refractivity contribution < 1.29 is 19.1 Å². The molecule has 0 aliphatic heterocycles. The molecule has 132 valence electrons. The summed E-state index contributed by atoms with van der Waals surface area (Å²) in [6, 6.07) is 10.5. The molecule has 0 fully saturated rings. The van der Waals surface area contributed by atoms with E-state index in [1.807, 2.05) is 6.92 Å². The van der Waals surface area contributed by atoms with Gasteiger partial charge in [-0.3, -0.25) is 9.59 Å². The Balaban J connectivity index is 2.35. The molecule has 6 nitrogen and oxygen atoms in total. The number of methoxy groups -OCH3 is 2. The van der Waals surface area contributed by atoms with E-state index in [1.54, 1.807) is 57.7 Å². The topological polar surface area (TPSA) is 67.9 Å². The van der Waals surface area contributed by atoms with Crippen LogP contribution in [0.15, 0.2) is 36.4 Å². The highest BCUT2D eigenvalue weighted by Crippen LogP contribution is 2.29. The summed E-state index contributed by atoms with van der Waals surface area (Å²) >= 11 is 0. The standard InChI is InChI=1S/C19H22N2O4/c1-12-6-7-14(8-18(12)20-13(2)22)19(23)21(3)15-9-16(24-4)11-17(10-15)25-5/h6-11H,1-5H3,(H,20,22). The zero-order chi connectivity index (χ0) is 18.6. The maximum absolute atomic E-state index is 12.8. The molecular weight excluding hydrogens is 320 g/mol. The van der Waals surface area contributed by atoms with E-state index in [1.165, 1.54) is 11.8 Å². The number of hydrogen-bond donors (Lipinski definition) is 1. The lowest BCUT2D eigenvalue weighted by Gasteiger charge is -2.20. The highest BCUT2D eigenvalue weighted by molar-refractivity contribution is 6.07. The van der Waals surface area contributed by atoms with Gasteiger partial charge in [0.25, 0.3) is 5.91 Å². The zero-order valence-corrected chi connectivity index (χ0v) is 15.0. The third kappa shape index (κ3) is 4.29. The number of anilines is 2. The molecule has 0 aliphatic carbocycles. The molecule has 0 saturated heterocycles. The molecule has 25 heavy (non-hydrogen) atoms. The van der Waals surface area contributed by atoms with Crippen molar-refractivity contribution in [3.63, 3.8) is 0 Å². The Morgan fingerprint density at radius 3 is 2.12 bits per heavy atom. The van der Waals surface area contributed by atoms with Crippen LogP contribution < -0.4 is 19.7 Å². The van der Waals surface area contributed by atoms with Gasteiger partial charge in [0.15, 0.2) is 0 Å². The van der Waals surface area contributed by atoms with Crippen LogP contribution in [0.2, 0.25) is 0 Å². The summed E-state index contributed by atoms with van der Waals surface area (Å²) < 4.78 is 10.5. The van der Waals surface area contributed by atoms with Gasteiger partial charge in [-0.2, -0.15) is 0 Å². The fourth-order valence-corrected chi connectivity index (χ4v) is 2.38. The van der Waals surface area contributed by atoms with Gasteiger partial charge in [0.05, 0.1) is 19.9 Å². The second kappa shape index (κ2) is 7.70. The average molecular weight is 342 g/mol. The van der Waals surface area contributed by atoms with Crippen LogP contribution in [0.4, 0.5) is 11.4 Å². The van der Waals surface area contributed by atoms with Crippen LogP contribution in [0, 0.1) is 6.92 Å². The molecule has 0 spiro atoms. The molecule has 1 N–H and O–H groups in total. The average Bonchev–Trinajstić information content (AvgIpc) is 2.61. The summed E-state index contributed by atoms with van der Waals surface area (Å²) in [6.45, 7) is 3.30. The van der Waals surface area contributed by atoms with Crippen LogP contribution in [0.1, 0.15) is 22.8 Å². The third-order valence-corrected chi connectivity index (χ3v) is 3.82. The lowest BCUT2D eigenvalue weighted by molar-refractivity contribution is -0.114. The van der Waals surface area contributed by atoms with Crippen molar-refractivity contribution in [3.8, 4) is 11.5 Å². The van der Waals surface area contributed by atoms with Gasteiger partial charge in [-0.1, -0.05) is 6.07 Å². The molecule has 2 rings (SSSR count). The minimum absolute atomic E-state index is 0.182. The molecule has 2 aromatic carbocycles. The molecule has 0 unspecified atom stereocenters. The normalized spacial score (nSPS) is 10.1. The molecule has 6 heteroatoms. The van der Waals surface area contributed by atoms with Crippen molar-refractivity contribution in [3.05, 3.63) is 47.5 Å². The molecule has 0 radical (unpaired) electrons. The fraction of sp³-hybridized carbons (Fsp3) is 0.263. The van der Waals surface area contributed by atoms with Gasteiger partial charge in [0.2, 0.25) is 5.91 Å². The van der Waals surface area contributed by atoms with E-state index in [9.17, 15) is 9.59 Å². The lowest BCUT2D eigenvalue weighted by atomic mass is 10.1. The van der Waals surface area contributed by atoms with Crippen molar-refractivity contribution in [1.29, 1.82) is 0 Å². The SMILES string of the molecule is COc1cc(OC)cc(N(C)C(=O)c2ccc(C)c(NC(C)=O)c2)c1. The number of hydrogen-bond acceptors (Lipinski definition) is 4. The predicted molar refractivity (Wildman–Crippen MR) is 97.8 cm³/mol. The number of benzene rings is 2. The Morgan fingerprint density at radius 1 is 1.00 bits per heavy atom. The number of aryl methyl sites for hydroxylation is 1. The molecule has 0 aromatic heterocycles. The van der Waals surface area contributed by atoms with Crippen LogP contribution in [-0.2, 0) is 4.79 Å². The molecule has 0 aliphatic rings. The summed E-state index contributed by atoms with van der Waals surface area (Å²) in [7, 11) is 4.79. The van der Waals surface area contributed by atoms with Crippen LogP contribution in [0.5, 0.6) is 11.5 Å². The van der Waals surface area contributed by atoms with E-state index in [2.05, 4.69) is 5.32 Å². The van der Waals surface area contributed by atoms with E-state index in [4.69, 9.17) is 9.47 Å². The van der Waals surface area contributed by atoms with Crippen LogP contribution >= 0.6 is 0 Å². The Hall–Kier alpha value is -3.02. The third-order valence-electron chi connectivity index (χ3n) is 3.82. The number of nitrogens with one attached hydrogen (secondary N) is 1. The van der Waals surface area contributed by atoms with Crippen LogP contribution in [0.3, 0.4) is 0 Å². The number of amides is 2. The first-order valence-corrected chi connectivity index (χ1v) is 7.75. The smallest absolute Gasteiger partial charge is 0.258 e. The highest BCUT2D eigenvalue weighted by atomic mass is 16.5. The Kier molecular flexibility index (Phi) is 5.64. The summed E-state index contributed by atoms with van der Waals surface area (Å²) in [5.74, 6) is 0.800. The van der Waals surface area contributed by atoms with E-state index >= 15 is 0 Å². The van der Waals surface area contributed by atoms with Crippen molar-refractivity contribution in [1.82, 2.24) is 0 Å². The van der Waals surface area contributed by atoms with Gasteiger partial charge in [-0.05, 0) is 24.6 Å². The minimum Gasteiger partial charge on any atom is -0.497 e. The van der Waals surface area contributed by atoms with Crippen LogP contribution in [0.25, 0.3) is 0 Å². The summed E-state index contributed by atoms with van der Waals surface area (Å²) in [5, 5.41) is 2.73. The van der Waals surface area contributed by atoms with Crippen LogP contribution in [-0.4, -0.2) is 33.1 Å². The predicted octanol–water partition coefficient (Wildman–Crippen LogP) is 3.25. The Morgan fingerprint density at radius 2 is 1.60 bits per heavy atom. The van der Waals surface area contributed by atoms with Crippen molar-refractivity contribution in [2.75, 3.05) is 31.5 Å². The first kappa shape index (κ1) is 18.3. The fourth-order valence-electron chi connectivity index (χ4n) is 2.38. The maximum Gasteiger partial charge on any atom is 0.258 e. The first-order valence-electron chi connectivity index (χ1n) is 7.75. The quantitative estimate of drug-likeness (QED) is 0.906. The molecule has 2 amide bonds. The molecule has 0 bridgehead atoms. The van der Waals surface area contributed by atoms with E-state index in [0.717, 1.165) is 5.56 Å². The molecule has 2 aromatic rings. The van der Waals surface area contributed by atoms with Gasteiger partial charge >= 0.3 is 0 Å². The summed E-state index contributed by atoms with van der Waals surface area (Å²) in [5.41, 5.74) is 2.62. The van der Waals surface area contributed by atoms with E-state index < -0.39 is 0 Å². The van der Waals surface area contributed by atoms with Gasteiger partial charge in [-0.15, -0.1) is 0 Å². The highest BCUT2D eigenvalue weighted by Gasteiger charge is 2.17. The Bertz CT molecular complexity index is 780. The maximum atomic E-state index is 12.8. The van der Waals surface area contributed by atoms with E-state index in [0.29, 0.717) is 28.4 Å². The van der Waals surface area contributed by atoms with Crippen molar-refractivity contribution >= 4 is 23.2 Å². The van der Waals surface area contributed by atoms with Gasteiger partial charge in [-0.25, -0.2) is 0 Å². The monoisotopic (exact) mass is 342 g/mol. The Labute approximate surface area is 147 Å². The second-order valence-electron chi connectivity index (χ2n) is 5.65. The van der Waals surface area contributed by atoms with Gasteiger partial charge in [0.1, 0.15) is 11.5 Å². The number of rotatable bonds is 5. The second-order valence-corrected chi connectivity index (χ2v) is 5.65. The first-order chi connectivity index (χ1) is 11.8. The molecular formula is C19H22N2O4. The van der Waals surface area contributed by atoms with Gasteiger partial charge < -0.3 is 19.7 Å². The van der Waals surface area contributed by atoms with Gasteiger partial charge in [0, 0.05) is 43.4 Å². The summed E-state index contributed by atoms with van der Waals surface area (Å²) in [4.78, 5) is 25.6.